The molecular weight excluding hydrogens is 242 g/mol. The van der Waals surface area contributed by atoms with Gasteiger partial charge in [-0.25, -0.2) is 0 Å². The van der Waals surface area contributed by atoms with Gasteiger partial charge in [-0.3, -0.25) is 4.79 Å². The van der Waals surface area contributed by atoms with Gasteiger partial charge in [0.15, 0.2) is 0 Å². The highest BCUT2D eigenvalue weighted by Crippen LogP contribution is 2.11. The third-order valence-electron chi connectivity index (χ3n) is 3.22. The van der Waals surface area contributed by atoms with Gasteiger partial charge in [0.2, 0.25) is 5.91 Å². The molecule has 4 N–H and O–H groups in total. The van der Waals surface area contributed by atoms with Crippen molar-refractivity contribution in [3.05, 3.63) is 29.8 Å². The number of carbonyl (C=O) groups is 1. The van der Waals surface area contributed by atoms with Crippen LogP contribution in [0.4, 0.5) is 0 Å². The summed E-state index contributed by atoms with van der Waals surface area (Å²) in [6, 6.07) is 7.00. The van der Waals surface area contributed by atoms with Crippen LogP contribution in [0, 0.1) is 0 Å². The van der Waals surface area contributed by atoms with E-state index in [-0.39, 0.29) is 23.7 Å². The molecule has 0 saturated carbocycles. The summed E-state index contributed by atoms with van der Waals surface area (Å²) in [7, 11) is 0. The van der Waals surface area contributed by atoms with Crippen molar-refractivity contribution in [2.24, 2.45) is 0 Å². The average Bonchev–Trinajstić information content (AvgIpc) is 2.42. The Balaban J connectivity index is 1.81. The van der Waals surface area contributed by atoms with E-state index >= 15 is 0 Å². The number of hydrogen-bond acceptors (Lipinski definition) is 4. The van der Waals surface area contributed by atoms with Crippen LogP contribution in [0.1, 0.15) is 12.5 Å². The highest BCUT2D eigenvalue weighted by atomic mass is 16.3. The third kappa shape index (κ3) is 4.22. The number of carbonyl (C=O) groups excluding carboxylic acids is 1. The van der Waals surface area contributed by atoms with Gasteiger partial charge in [-0.05, 0) is 31.0 Å². The van der Waals surface area contributed by atoms with Crippen molar-refractivity contribution in [1.29, 1.82) is 0 Å². The quantitative estimate of drug-likeness (QED) is 0.617. The van der Waals surface area contributed by atoms with Gasteiger partial charge in [-0.2, -0.15) is 0 Å². The first-order valence-electron chi connectivity index (χ1n) is 6.67. The zero-order valence-corrected chi connectivity index (χ0v) is 11.1. The molecule has 19 heavy (non-hydrogen) atoms. The van der Waals surface area contributed by atoms with Crippen LogP contribution in [0.3, 0.4) is 0 Å². The molecule has 0 aliphatic carbocycles. The fraction of sp³-hybridized carbons (Fsp3) is 0.500. The summed E-state index contributed by atoms with van der Waals surface area (Å²) in [6.45, 7) is 4.40. The Morgan fingerprint density at radius 1 is 1.42 bits per heavy atom. The SMILES string of the molecule is CC(Cc1ccc(O)cc1)NC(=O)[C@H]1CNCCN1. The Bertz CT molecular complexity index is 413. The molecule has 1 aromatic rings. The maximum atomic E-state index is 12.0. The van der Waals surface area contributed by atoms with Crippen molar-refractivity contribution >= 4 is 5.91 Å². The molecule has 104 valence electrons. The average molecular weight is 263 g/mol. The van der Waals surface area contributed by atoms with E-state index in [0.717, 1.165) is 25.1 Å². The number of amides is 1. The molecule has 0 radical (unpaired) electrons. The minimum atomic E-state index is -0.143. The summed E-state index contributed by atoms with van der Waals surface area (Å²) in [5.74, 6) is 0.302. The summed E-state index contributed by atoms with van der Waals surface area (Å²) >= 11 is 0. The summed E-state index contributed by atoms with van der Waals surface area (Å²) in [5.41, 5.74) is 1.10. The molecule has 1 fully saturated rings. The maximum absolute atomic E-state index is 12.0. The van der Waals surface area contributed by atoms with Crippen molar-refractivity contribution < 1.29 is 9.90 Å². The predicted molar refractivity (Wildman–Crippen MR) is 74.1 cm³/mol. The smallest absolute Gasteiger partial charge is 0.238 e. The van der Waals surface area contributed by atoms with E-state index in [1.807, 2.05) is 19.1 Å². The summed E-state index contributed by atoms with van der Waals surface area (Å²) < 4.78 is 0. The number of phenols is 1. The topological polar surface area (TPSA) is 73.4 Å². The second-order valence-electron chi connectivity index (χ2n) is 4.99. The zero-order valence-electron chi connectivity index (χ0n) is 11.1. The number of benzene rings is 1. The molecule has 1 aliphatic heterocycles. The molecule has 0 spiro atoms. The lowest BCUT2D eigenvalue weighted by atomic mass is 10.1. The lowest BCUT2D eigenvalue weighted by Crippen LogP contribution is -2.57. The van der Waals surface area contributed by atoms with E-state index in [4.69, 9.17) is 0 Å². The largest absolute Gasteiger partial charge is 0.508 e. The van der Waals surface area contributed by atoms with Crippen molar-refractivity contribution in [1.82, 2.24) is 16.0 Å². The van der Waals surface area contributed by atoms with Crippen LogP contribution in [0.5, 0.6) is 5.75 Å². The van der Waals surface area contributed by atoms with Crippen molar-refractivity contribution in [2.45, 2.75) is 25.4 Å². The number of aromatic hydroxyl groups is 1. The zero-order chi connectivity index (χ0) is 13.7. The highest BCUT2D eigenvalue weighted by Gasteiger charge is 2.21. The number of phenolic OH excluding ortho intramolecular Hbond substituents is 1. The van der Waals surface area contributed by atoms with Gasteiger partial charge in [0.1, 0.15) is 5.75 Å². The number of piperazine rings is 1. The summed E-state index contributed by atoms with van der Waals surface area (Å²) in [5, 5.41) is 18.6. The second-order valence-corrected chi connectivity index (χ2v) is 4.99. The van der Waals surface area contributed by atoms with E-state index in [2.05, 4.69) is 16.0 Å². The van der Waals surface area contributed by atoms with Gasteiger partial charge in [0, 0.05) is 25.7 Å². The van der Waals surface area contributed by atoms with Gasteiger partial charge < -0.3 is 21.1 Å². The predicted octanol–water partition coefficient (Wildman–Crippen LogP) is 0.000800. The van der Waals surface area contributed by atoms with Crippen LogP contribution in [0.15, 0.2) is 24.3 Å². The van der Waals surface area contributed by atoms with Crippen molar-refractivity contribution in [3.63, 3.8) is 0 Å². The van der Waals surface area contributed by atoms with Crippen LogP contribution in [0.2, 0.25) is 0 Å². The van der Waals surface area contributed by atoms with Crippen LogP contribution in [-0.4, -0.2) is 42.7 Å². The second kappa shape index (κ2) is 6.54. The van der Waals surface area contributed by atoms with Gasteiger partial charge in [-0.15, -0.1) is 0 Å². The lowest BCUT2D eigenvalue weighted by molar-refractivity contribution is -0.123. The summed E-state index contributed by atoms with van der Waals surface area (Å²) in [6.07, 6.45) is 0.756. The third-order valence-corrected chi connectivity index (χ3v) is 3.22. The van der Waals surface area contributed by atoms with E-state index in [1.165, 1.54) is 0 Å². The highest BCUT2D eigenvalue weighted by molar-refractivity contribution is 5.82. The Hall–Kier alpha value is -1.59. The van der Waals surface area contributed by atoms with E-state index in [1.54, 1.807) is 12.1 Å². The van der Waals surface area contributed by atoms with Gasteiger partial charge in [-0.1, -0.05) is 12.1 Å². The normalized spacial score (nSPS) is 20.8. The molecule has 5 nitrogen and oxygen atoms in total. The monoisotopic (exact) mass is 263 g/mol. The van der Waals surface area contributed by atoms with E-state index < -0.39 is 0 Å². The minimum absolute atomic E-state index is 0.0403. The standard InChI is InChI=1S/C14H21N3O2/c1-10(8-11-2-4-12(18)5-3-11)17-14(19)13-9-15-6-7-16-13/h2-5,10,13,15-16,18H,6-9H2,1H3,(H,17,19)/t10?,13-/m1/s1. The fourth-order valence-corrected chi connectivity index (χ4v) is 2.22. The minimum Gasteiger partial charge on any atom is -0.508 e. The summed E-state index contributed by atoms with van der Waals surface area (Å²) in [4.78, 5) is 12.0. The van der Waals surface area contributed by atoms with Crippen LogP contribution >= 0.6 is 0 Å². The van der Waals surface area contributed by atoms with Crippen LogP contribution < -0.4 is 16.0 Å². The molecule has 1 unspecified atom stereocenters. The van der Waals surface area contributed by atoms with E-state index in [9.17, 15) is 9.90 Å². The lowest BCUT2D eigenvalue weighted by Gasteiger charge is -2.25. The molecule has 0 bridgehead atoms. The Morgan fingerprint density at radius 2 is 2.16 bits per heavy atom. The van der Waals surface area contributed by atoms with Crippen LogP contribution in [0.25, 0.3) is 0 Å². The van der Waals surface area contributed by atoms with Crippen molar-refractivity contribution in [2.75, 3.05) is 19.6 Å². The Morgan fingerprint density at radius 3 is 2.79 bits per heavy atom. The first kappa shape index (κ1) is 13.8. The number of rotatable bonds is 4. The van der Waals surface area contributed by atoms with E-state index in [0.29, 0.717) is 6.54 Å². The molecule has 0 aromatic heterocycles. The van der Waals surface area contributed by atoms with Gasteiger partial charge >= 0.3 is 0 Å². The molecular formula is C14H21N3O2. The molecule has 5 heteroatoms. The molecule has 1 amide bonds. The Kier molecular flexibility index (Phi) is 4.76. The molecule has 1 aliphatic rings. The number of nitrogens with one attached hydrogen (secondary N) is 3. The number of hydrogen-bond donors (Lipinski definition) is 4. The molecule has 2 rings (SSSR count). The Labute approximate surface area is 113 Å². The molecule has 1 saturated heterocycles. The first-order chi connectivity index (χ1) is 9.15. The molecule has 1 aromatic carbocycles. The van der Waals surface area contributed by atoms with Crippen LogP contribution in [-0.2, 0) is 11.2 Å². The first-order valence-corrected chi connectivity index (χ1v) is 6.67. The van der Waals surface area contributed by atoms with Gasteiger partial charge in [0.05, 0.1) is 6.04 Å². The molecule has 1 heterocycles. The van der Waals surface area contributed by atoms with Crippen molar-refractivity contribution in [3.8, 4) is 5.75 Å². The maximum Gasteiger partial charge on any atom is 0.238 e. The van der Waals surface area contributed by atoms with Gasteiger partial charge in [0.25, 0.3) is 0 Å². The fourth-order valence-electron chi connectivity index (χ4n) is 2.22. The molecule has 2 atom stereocenters.